The summed E-state index contributed by atoms with van der Waals surface area (Å²) in [7, 11) is 0. The summed E-state index contributed by atoms with van der Waals surface area (Å²) in [5, 5.41) is 14.4. The molecule has 0 spiro atoms. The zero-order chi connectivity index (χ0) is 23.8. The lowest BCUT2D eigenvalue weighted by molar-refractivity contribution is 0.571. The van der Waals surface area contributed by atoms with Crippen molar-refractivity contribution in [2.24, 2.45) is 0 Å². The van der Waals surface area contributed by atoms with Gasteiger partial charge in [0.15, 0.2) is 0 Å². The molecule has 0 fully saturated rings. The molecule has 0 saturated carbocycles. The molecule has 1 N–H and O–H groups in total. The van der Waals surface area contributed by atoms with Gasteiger partial charge in [-0.2, -0.15) is 5.21 Å². The topological polar surface area (TPSA) is 94.3 Å². The van der Waals surface area contributed by atoms with Gasteiger partial charge < -0.3 is 0 Å². The average Bonchev–Trinajstić information content (AvgIpc) is 3.50. The van der Waals surface area contributed by atoms with Crippen LogP contribution in [0.5, 0.6) is 0 Å². The number of nitrogens with zero attached hydrogens (tertiary/aromatic N) is 6. The molecule has 8 heteroatoms. The Morgan fingerprint density at radius 2 is 1.74 bits per heavy atom. The number of imidazole rings is 1. The molecule has 4 aromatic rings. The molecule has 0 saturated heterocycles. The van der Waals surface area contributed by atoms with E-state index in [4.69, 9.17) is 4.98 Å². The molecule has 1 aromatic carbocycles. The van der Waals surface area contributed by atoms with Crippen LogP contribution in [-0.4, -0.2) is 34.7 Å². The molecule has 0 unspecified atom stereocenters. The van der Waals surface area contributed by atoms with Crippen molar-refractivity contribution in [2.45, 2.75) is 71.9 Å². The molecule has 0 bridgehead atoms. The van der Waals surface area contributed by atoms with E-state index in [1.165, 1.54) is 6.42 Å². The number of tetrazole rings is 1. The standard InChI is InChI=1S/C26H33N7O/c1-3-5-7-11-22-19-32(16-10-6-4-2)26(34)33(22)18-21-15-14-20(17-27-21)23-12-8-9-13-24(23)25-28-30-31-29-25/h8-9,12-15,17,19H,3-7,10-11,16,18H2,1-2H3,(H,28,29,30,31). The lowest BCUT2D eigenvalue weighted by Gasteiger charge is -2.09. The highest BCUT2D eigenvalue weighted by Gasteiger charge is 2.14. The molecule has 4 rings (SSSR count). The van der Waals surface area contributed by atoms with Gasteiger partial charge in [0, 0.05) is 35.8 Å². The van der Waals surface area contributed by atoms with Crippen LogP contribution in [0.15, 0.2) is 53.6 Å². The molecule has 0 aliphatic rings. The number of aromatic amines is 1. The first-order chi connectivity index (χ1) is 16.7. The maximum Gasteiger partial charge on any atom is 0.328 e. The maximum absolute atomic E-state index is 13.2. The van der Waals surface area contributed by atoms with Gasteiger partial charge in [-0.3, -0.25) is 14.1 Å². The molecule has 0 amide bonds. The SMILES string of the molecule is CCCCCc1cn(CCCCC)c(=O)n1Cc1ccc(-c2ccccc2-c2nn[nH]n2)cn1. The third-order valence-corrected chi connectivity index (χ3v) is 6.14. The Bertz CT molecular complexity index is 1220. The highest BCUT2D eigenvalue weighted by atomic mass is 16.1. The fourth-order valence-corrected chi connectivity index (χ4v) is 4.24. The summed E-state index contributed by atoms with van der Waals surface area (Å²) in [6.07, 6.45) is 11.6. The van der Waals surface area contributed by atoms with Crippen LogP contribution in [0.3, 0.4) is 0 Å². The Hall–Kier alpha value is -3.55. The highest BCUT2D eigenvalue weighted by molar-refractivity contribution is 5.79. The summed E-state index contributed by atoms with van der Waals surface area (Å²) in [5.74, 6) is 0.548. The molecular formula is C26H33N7O. The predicted molar refractivity (Wildman–Crippen MR) is 133 cm³/mol. The quantitative estimate of drug-likeness (QED) is 0.305. The minimum Gasteiger partial charge on any atom is -0.299 e. The van der Waals surface area contributed by atoms with Crippen LogP contribution >= 0.6 is 0 Å². The Kier molecular flexibility index (Phi) is 8.01. The van der Waals surface area contributed by atoms with Gasteiger partial charge in [0.05, 0.1) is 12.2 Å². The second-order valence-corrected chi connectivity index (χ2v) is 8.67. The number of nitrogens with one attached hydrogen (secondary N) is 1. The predicted octanol–water partition coefficient (Wildman–Crippen LogP) is 4.86. The monoisotopic (exact) mass is 459 g/mol. The number of unbranched alkanes of at least 4 members (excludes halogenated alkanes) is 4. The average molecular weight is 460 g/mol. The third kappa shape index (κ3) is 5.50. The molecule has 3 aromatic heterocycles. The number of H-pyrrole nitrogens is 1. The zero-order valence-electron chi connectivity index (χ0n) is 20.1. The van der Waals surface area contributed by atoms with Crippen LogP contribution in [-0.2, 0) is 19.5 Å². The highest BCUT2D eigenvalue weighted by Crippen LogP contribution is 2.29. The summed E-state index contributed by atoms with van der Waals surface area (Å²) in [4.78, 5) is 17.9. The number of hydrogen-bond acceptors (Lipinski definition) is 5. The fourth-order valence-electron chi connectivity index (χ4n) is 4.24. The molecule has 0 aliphatic carbocycles. The molecular weight excluding hydrogens is 426 g/mol. The van der Waals surface area contributed by atoms with Crippen LogP contribution in [0.2, 0.25) is 0 Å². The minimum atomic E-state index is 0.0657. The molecule has 34 heavy (non-hydrogen) atoms. The summed E-state index contributed by atoms with van der Waals surface area (Å²) in [6.45, 7) is 5.64. The van der Waals surface area contributed by atoms with Crippen molar-refractivity contribution in [3.8, 4) is 22.5 Å². The van der Waals surface area contributed by atoms with E-state index in [9.17, 15) is 4.79 Å². The minimum absolute atomic E-state index is 0.0657. The van der Waals surface area contributed by atoms with Crippen LogP contribution in [0, 0.1) is 0 Å². The number of aromatic nitrogens is 7. The molecule has 8 nitrogen and oxygen atoms in total. The summed E-state index contributed by atoms with van der Waals surface area (Å²) in [6, 6.07) is 12.0. The number of hydrogen-bond donors (Lipinski definition) is 1. The van der Waals surface area contributed by atoms with Gasteiger partial charge in [0.2, 0.25) is 5.82 Å². The second kappa shape index (κ2) is 11.5. The van der Waals surface area contributed by atoms with Gasteiger partial charge in [0.25, 0.3) is 0 Å². The Morgan fingerprint density at radius 1 is 0.941 bits per heavy atom. The van der Waals surface area contributed by atoms with Crippen molar-refractivity contribution in [1.82, 2.24) is 34.7 Å². The number of rotatable bonds is 12. The van der Waals surface area contributed by atoms with Gasteiger partial charge in [-0.05, 0) is 36.1 Å². The summed E-state index contributed by atoms with van der Waals surface area (Å²) >= 11 is 0. The van der Waals surface area contributed by atoms with E-state index >= 15 is 0 Å². The zero-order valence-corrected chi connectivity index (χ0v) is 20.1. The molecule has 0 radical (unpaired) electrons. The summed E-state index contributed by atoms with van der Waals surface area (Å²) < 4.78 is 3.78. The van der Waals surface area contributed by atoms with E-state index in [0.29, 0.717) is 12.4 Å². The van der Waals surface area contributed by atoms with Crippen LogP contribution in [0.25, 0.3) is 22.5 Å². The van der Waals surface area contributed by atoms with E-state index in [0.717, 1.165) is 73.1 Å². The first-order valence-corrected chi connectivity index (χ1v) is 12.3. The normalized spacial score (nSPS) is 11.2. The molecule has 0 aliphatic heterocycles. The van der Waals surface area contributed by atoms with Crippen LogP contribution in [0.4, 0.5) is 0 Å². The second-order valence-electron chi connectivity index (χ2n) is 8.67. The van der Waals surface area contributed by atoms with Gasteiger partial charge in [-0.25, -0.2) is 4.79 Å². The van der Waals surface area contributed by atoms with E-state index in [1.807, 2.05) is 51.7 Å². The van der Waals surface area contributed by atoms with E-state index in [2.05, 4.69) is 40.7 Å². The van der Waals surface area contributed by atoms with E-state index in [1.54, 1.807) is 0 Å². The Morgan fingerprint density at radius 3 is 2.44 bits per heavy atom. The lowest BCUT2D eigenvalue weighted by atomic mass is 10.0. The smallest absolute Gasteiger partial charge is 0.299 e. The van der Waals surface area contributed by atoms with Gasteiger partial charge >= 0.3 is 5.69 Å². The van der Waals surface area contributed by atoms with Gasteiger partial charge in [-0.1, -0.05) is 69.9 Å². The Labute approximate surface area is 200 Å². The Balaban J connectivity index is 1.57. The molecule has 0 atom stereocenters. The first-order valence-electron chi connectivity index (χ1n) is 12.3. The molecule has 3 heterocycles. The van der Waals surface area contributed by atoms with Crippen molar-refractivity contribution in [3.05, 3.63) is 70.7 Å². The van der Waals surface area contributed by atoms with Crippen molar-refractivity contribution in [1.29, 1.82) is 0 Å². The number of pyridine rings is 1. The number of aryl methyl sites for hydroxylation is 2. The first kappa shape index (κ1) is 23.6. The summed E-state index contributed by atoms with van der Waals surface area (Å²) in [5.41, 5.74) is 4.88. The van der Waals surface area contributed by atoms with Crippen molar-refractivity contribution in [3.63, 3.8) is 0 Å². The third-order valence-electron chi connectivity index (χ3n) is 6.14. The van der Waals surface area contributed by atoms with Crippen LogP contribution in [0.1, 0.15) is 63.8 Å². The van der Waals surface area contributed by atoms with Crippen LogP contribution < -0.4 is 5.69 Å². The lowest BCUT2D eigenvalue weighted by Crippen LogP contribution is -2.26. The largest absolute Gasteiger partial charge is 0.328 e. The van der Waals surface area contributed by atoms with Gasteiger partial charge in [0.1, 0.15) is 0 Å². The van der Waals surface area contributed by atoms with Gasteiger partial charge in [-0.15, -0.1) is 10.2 Å². The van der Waals surface area contributed by atoms with E-state index in [-0.39, 0.29) is 5.69 Å². The fraction of sp³-hybridized carbons (Fsp3) is 0.423. The van der Waals surface area contributed by atoms with E-state index < -0.39 is 0 Å². The number of benzene rings is 1. The van der Waals surface area contributed by atoms with Crippen molar-refractivity contribution >= 4 is 0 Å². The molecule has 178 valence electrons. The van der Waals surface area contributed by atoms with Crippen molar-refractivity contribution < 1.29 is 0 Å². The maximum atomic E-state index is 13.2. The van der Waals surface area contributed by atoms with Crippen molar-refractivity contribution in [2.75, 3.05) is 0 Å².